The van der Waals surface area contributed by atoms with Crippen LogP contribution in [-0.2, 0) is 14.3 Å². The zero-order valence-electron chi connectivity index (χ0n) is 15.8. The average molecular weight is 382 g/mol. The Kier molecular flexibility index (Phi) is 7.76. The summed E-state index contributed by atoms with van der Waals surface area (Å²) < 4.78 is 10.8. The lowest BCUT2D eigenvalue weighted by Gasteiger charge is -2.38. The number of hydrogen-bond donors (Lipinski definition) is 0. The number of carbonyl (C=O) groups excluding carboxylic acids is 2. The summed E-state index contributed by atoms with van der Waals surface area (Å²) in [6, 6.07) is 5.84. The fourth-order valence-electron chi connectivity index (χ4n) is 3.38. The van der Waals surface area contributed by atoms with Gasteiger partial charge in [-0.05, 0) is 70.2 Å². The maximum atomic E-state index is 12.3. The molecule has 2 rings (SSSR count). The summed E-state index contributed by atoms with van der Waals surface area (Å²) in [5.74, 6) is 0.282. The third-order valence-electron chi connectivity index (χ3n) is 4.76. The van der Waals surface area contributed by atoms with Crippen LogP contribution in [0.5, 0.6) is 5.75 Å². The van der Waals surface area contributed by atoms with E-state index in [1.165, 1.54) is 0 Å². The summed E-state index contributed by atoms with van der Waals surface area (Å²) in [7, 11) is 0. The van der Waals surface area contributed by atoms with E-state index in [0.29, 0.717) is 18.1 Å². The maximum absolute atomic E-state index is 12.3. The predicted octanol–water partition coefficient (Wildman–Crippen LogP) is 4.14. The Morgan fingerprint density at radius 2 is 1.92 bits per heavy atom. The monoisotopic (exact) mass is 381 g/mol. The summed E-state index contributed by atoms with van der Waals surface area (Å²) in [5.41, 5.74) is 0.954. The van der Waals surface area contributed by atoms with Crippen molar-refractivity contribution in [1.29, 1.82) is 0 Å². The van der Waals surface area contributed by atoms with E-state index in [9.17, 15) is 9.59 Å². The molecular formula is C20H28ClNO4. The molecule has 0 bridgehead atoms. The first-order valence-electron chi connectivity index (χ1n) is 9.24. The van der Waals surface area contributed by atoms with Crippen LogP contribution >= 0.6 is 11.6 Å². The minimum atomic E-state index is -0.368. The number of hydrogen-bond acceptors (Lipinski definition) is 4. The molecule has 1 fully saturated rings. The Balaban J connectivity index is 1.66. The molecule has 1 saturated heterocycles. The van der Waals surface area contributed by atoms with Crippen LogP contribution < -0.4 is 4.74 Å². The van der Waals surface area contributed by atoms with Crippen molar-refractivity contribution in [3.63, 3.8) is 0 Å². The van der Waals surface area contributed by atoms with E-state index < -0.39 is 0 Å². The van der Waals surface area contributed by atoms with Gasteiger partial charge in [0, 0.05) is 23.5 Å². The molecule has 0 aliphatic carbocycles. The maximum Gasteiger partial charge on any atom is 0.306 e. The van der Waals surface area contributed by atoms with Crippen molar-refractivity contribution in [3.8, 4) is 5.75 Å². The van der Waals surface area contributed by atoms with Crippen molar-refractivity contribution in [3.05, 3.63) is 28.8 Å². The zero-order chi connectivity index (χ0) is 19.1. The highest BCUT2D eigenvalue weighted by Crippen LogP contribution is 2.23. The Morgan fingerprint density at radius 1 is 1.23 bits per heavy atom. The predicted molar refractivity (Wildman–Crippen MR) is 101 cm³/mol. The minimum absolute atomic E-state index is 0.105. The zero-order valence-corrected chi connectivity index (χ0v) is 16.6. The lowest BCUT2D eigenvalue weighted by Crippen LogP contribution is -2.49. The van der Waals surface area contributed by atoms with Gasteiger partial charge in [-0.2, -0.15) is 0 Å². The number of rotatable bonds is 7. The number of halogens is 1. The second-order valence-electron chi connectivity index (χ2n) is 6.95. The fraction of sp³-hybridized carbons (Fsp3) is 0.600. The van der Waals surface area contributed by atoms with E-state index in [0.717, 1.165) is 30.6 Å². The number of likely N-dealkylation sites (tertiary alicyclic amines) is 1. The van der Waals surface area contributed by atoms with E-state index in [1.54, 1.807) is 6.07 Å². The van der Waals surface area contributed by atoms with Gasteiger partial charge in [0.25, 0.3) is 5.91 Å². The molecule has 6 heteroatoms. The second-order valence-corrected chi connectivity index (χ2v) is 7.39. The normalized spacial score (nSPS) is 19.9. The Labute approximate surface area is 160 Å². The van der Waals surface area contributed by atoms with Gasteiger partial charge in [-0.15, -0.1) is 0 Å². The van der Waals surface area contributed by atoms with Crippen LogP contribution in [0.1, 0.15) is 51.5 Å². The molecule has 1 aliphatic rings. The fourth-order valence-corrected chi connectivity index (χ4v) is 3.60. The van der Waals surface area contributed by atoms with Crippen molar-refractivity contribution in [2.24, 2.45) is 0 Å². The average Bonchev–Trinajstić information content (AvgIpc) is 2.58. The summed E-state index contributed by atoms with van der Waals surface area (Å²) >= 11 is 5.91. The van der Waals surface area contributed by atoms with Crippen molar-refractivity contribution in [1.82, 2.24) is 4.90 Å². The van der Waals surface area contributed by atoms with Crippen LogP contribution in [0.2, 0.25) is 5.02 Å². The first-order valence-corrected chi connectivity index (χ1v) is 9.62. The Bertz CT molecular complexity index is 624. The topological polar surface area (TPSA) is 55.8 Å². The smallest absolute Gasteiger partial charge is 0.306 e. The van der Waals surface area contributed by atoms with Crippen LogP contribution in [0.15, 0.2) is 18.2 Å². The molecule has 0 spiro atoms. The van der Waals surface area contributed by atoms with E-state index in [-0.39, 0.29) is 37.0 Å². The van der Waals surface area contributed by atoms with Crippen LogP contribution in [0.3, 0.4) is 0 Å². The van der Waals surface area contributed by atoms with Gasteiger partial charge >= 0.3 is 5.97 Å². The standard InChI is InChI=1S/C20H28ClNO4/c1-14-12-17(21)9-10-18(14)25-11-5-8-20(24)26-13-19(23)22-15(2)6-4-7-16(22)3/h9-10,12,15-16H,4-8,11,13H2,1-3H3/t15-,16+. The van der Waals surface area contributed by atoms with Gasteiger partial charge < -0.3 is 14.4 Å². The van der Waals surface area contributed by atoms with Gasteiger partial charge in [0.1, 0.15) is 5.75 Å². The van der Waals surface area contributed by atoms with Crippen LogP contribution in [0.25, 0.3) is 0 Å². The summed E-state index contributed by atoms with van der Waals surface area (Å²) in [6.07, 6.45) is 3.91. The Hall–Kier alpha value is -1.75. The number of benzene rings is 1. The van der Waals surface area contributed by atoms with Gasteiger partial charge in [0.05, 0.1) is 6.61 Å². The number of ether oxygens (including phenoxy) is 2. The summed E-state index contributed by atoms with van der Waals surface area (Å²) in [5, 5.41) is 0.667. The molecule has 1 aliphatic heterocycles. The van der Waals surface area contributed by atoms with Gasteiger partial charge in [0.2, 0.25) is 0 Å². The minimum Gasteiger partial charge on any atom is -0.493 e. The largest absolute Gasteiger partial charge is 0.493 e. The van der Waals surface area contributed by atoms with E-state index in [2.05, 4.69) is 0 Å². The number of carbonyl (C=O) groups is 2. The molecule has 0 unspecified atom stereocenters. The highest BCUT2D eigenvalue weighted by Gasteiger charge is 2.29. The van der Waals surface area contributed by atoms with Gasteiger partial charge in [-0.25, -0.2) is 0 Å². The number of nitrogens with zero attached hydrogens (tertiary/aromatic N) is 1. The van der Waals surface area contributed by atoms with Crippen LogP contribution in [0.4, 0.5) is 0 Å². The third-order valence-corrected chi connectivity index (χ3v) is 4.99. The van der Waals surface area contributed by atoms with E-state index >= 15 is 0 Å². The van der Waals surface area contributed by atoms with Crippen molar-refractivity contribution < 1.29 is 19.1 Å². The van der Waals surface area contributed by atoms with Crippen LogP contribution in [-0.4, -0.2) is 42.1 Å². The molecule has 26 heavy (non-hydrogen) atoms. The molecule has 2 atom stereocenters. The van der Waals surface area contributed by atoms with Crippen molar-refractivity contribution in [2.75, 3.05) is 13.2 Å². The lowest BCUT2D eigenvalue weighted by molar-refractivity contribution is -0.155. The van der Waals surface area contributed by atoms with Crippen LogP contribution in [0, 0.1) is 6.92 Å². The lowest BCUT2D eigenvalue weighted by atomic mass is 9.97. The molecule has 1 aromatic carbocycles. The molecule has 0 saturated carbocycles. The molecule has 0 aromatic heterocycles. The molecule has 5 nitrogen and oxygen atoms in total. The van der Waals surface area contributed by atoms with Crippen molar-refractivity contribution >= 4 is 23.5 Å². The summed E-state index contributed by atoms with van der Waals surface area (Å²) in [6.45, 7) is 6.25. The first-order chi connectivity index (χ1) is 12.4. The number of amides is 1. The molecule has 1 amide bonds. The van der Waals surface area contributed by atoms with Crippen molar-refractivity contribution in [2.45, 2.75) is 65.0 Å². The molecule has 1 heterocycles. The molecule has 0 N–H and O–H groups in total. The second kappa shape index (κ2) is 9.81. The molecule has 1 aromatic rings. The highest BCUT2D eigenvalue weighted by atomic mass is 35.5. The number of aryl methyl sites for hydroxylation is 1. The first kappa shape index (κ1) is 20.6. The molecule has 144 valence electrons. The molecule has 0 radical (unpaired) electrons. The molecular weight excluding hydrogens is 354 g/mol. The SMILES string of the molecule is Cc1cc(Cl)ccc1OCCCC(=O)OCC(=O)N1[C@H](C)CCC[C@@H]1C. The van der Waals surface area contributed by atoms with E-state index in [1.807, 2.05) is 37.8 Å². The van der Waals surface area contributed by atoms with Gasteiger partial charge in [-0.3, -0.25) is 9.59 Å². The number of piperidine rings is 1. The highest BCUT2D eigenvalue weighted by molar-refractivity contribution is 6.30. The third kappa shape index (κ3) is 5.90. The Morgan fingerprint density at radius 3 is 2.58 bits per heavy atom. The quantitative estimate of drug-likeness (QED) is 0.526. The van der Waals surface area contributed by atoms with Gasteiger partial charge in [-0.1, -0.05) is 11.6 Å². The summed E-state index contributed by atoms with van der Waals surface area (Å²) in [4.78, 5) is 26.0. The van der Waals surface area contributed by atoms with Gasteiger partial charge in [0.15, 0.2) is 6.61 Å². The number of esters is 1. The van der Waals surface area contributed by atoms with E-state index in [4.69, 9.17) is 21.1 Å².